The van der Waals surface area contributed by atoms with Crippen LogP contribution < -0.4 is 0 Å². The number of carbonyl (C=O) groups is 2. The van der Waals surface area contributed by atoms with Gasteiger partial charge in [0.05, 0.1) is 0 Å². The average molecular weight is 312 g/mol. The molecule has 0 radical (unpaired) electrons. The molecule has 90 valence electrons. The van der Waals surface area contributed by atoms with Crippen molar-refractivity contribution in [1.29, 1.82) is 0 Å². The molecule has 0 aromatic heterocycles. The zero-order valence-corrected chi connectivity index (χ0v) is 10.9. The fourth-order valence-electron chi connectivity index (χ4n) is 2.25. The Labute approximate surface area is 101 Å². The van der Waals surface area contributed by atoms with Gasteiger partial charge in [0.15, 0.2) is 15.2 Å². The van der Waals surface area contributed by atoms with Gasteiger partial charge in [0.2, 0.25) is 5.91 Å². The Bertz CT molecular complexity index is 485. The van der Waals surface area contributed by atoms with Crippen LogP contribution in [0.15, 0.2) is 0 Å². The first-order valence-electron chi connectivity index (χ1n) is 4.56. The third kappa shape index (κ3) is 1.04. The van der Waals surface area contributed by atoms with Gasteiger partial charge in [0, 0.05) is 0 Å². The predicted molar refractivity (Wildman–Crippen MR) is 57.8 cm³/mol. The molecule has 2 saturated heterocycles. The van der Waals surface area contributed by atoms with Crippen molar-refractivity contribution in [2.24, 2.45) is 0 Å². The van der Waals surface area contributed by atoms with Crippen LogP contribution in [0.25, 0.3) is 0 Å². The lowest BCUT2D eigenvalue weighted by Gasteiger charge is -2.39. The van der Waals surface area contributed by atoms with Crippen LogP contribution in [0.5, 0.6) is 0 Å². The summed E-state index contributed by atoms with van der Waals surface area (Å²) >= 11 is 2.97. The number of aliphatic carboxylic acids is 1. The molecule has 16 heavy (non-hydrogen) atoms. The monoisotopic (exact) mass is 311 g/mol. The first-order valence-corrected chi connectivity index (χ1v) is 7.02. The Morgan fingerprint density at radius 2 is 2.00 bits per heavy atom. The van der Waals surface area contributed by atoms with Gasteiger partial charge < -0.3 is 10.0 Å². The molecule has 0 aromatic rings. The van der Waals surface area contributed by atoms with Crippen molar-refractivity contribution in [1.82, 2.24) is 4.90 Å². The van der Waals surface area contributed by atoms with Crippen molar-refractivity contribution in [2.45, 2.75) is 34.8 Å². The van der Waals surface area contributed by atoms with Crippen LogP contribution in [0, 0.1) is 0 Å². The fourth-order valence-corrected chi connectivity index (χ4v) is 5.69. The van der Waals surface area contributed by atoms with Crippen LogP contribution in [0.3, 0.4) is 0 Å². The van der Waals surface area contributed by atoms with Crippen LogP contribution >= 0.6 is 15.9 Å². The van der Waals surface area contributed by atoms with Gasteiger partial charge in [-0.2, -0.15) is 0 Å². The molecule has 0 aromatic carbocycles. The zero-order chi connectivity index (χ0) is 12.5. The van der Waals surface area contributed by atoms with Gasteiger partial charge >= 0.3 is 5.97 Å². The predicted octanol–water partition coefficient (Wildman–Crippen LogP) is -0.422. The SMILES string of the molecule is CC1(C)[C@H](C(=O)O)N2C(=O)[C@@H](Br)[C@H]2S1(=O)=O. The van der Waals surface area contributed by atoms with Crippen molar-refractivity contribution < 1.29 is 23.1 Å². The van der Waals surface area contributed by atoms with E-state index in [0.29, 0.717) is 0 Å². The highest BCUT2D eigenvalue weighted by Gasteiger charge is 2.71. The lowest BCUT2D eigenvalue weighted by atomic mass is 9.98. The van der Waals surface area contributed by atoms with Crippen LogP contribution in [0.4, 0.5) is 0 Å². The maximum Gasteiger partial charge on any atom is 0.328 e. The van der Waals surface area contributed by atoms with Gasteiger partial charge in [-0.15, -0.1) is 0 Å². The number of hydrogen-bond acceptors (Lipinski definition) is 4. The summed E-state index contributed by atoms with van der Waals surface area (Å²) in [5, 5.41) is 7.99. The number of carbonyl (C=O) groups excluding carboxylic acids is 1. The van der Waals surface area contributed by atoms with E-state index in [1.807, 2.05) is 0 Å². The van der Waals surface area contributed by atoms with Crippen molar-refractivity contribution in [2.75, 3.05) is 0 Å². The maximum atomic E-state index is 12.1. The second-order valence-corrected chi connectivity index (χ2v) is 8.04. The van der Waals surface area contributed by atoms with E-state index >= 15 is 0 Å². The van der Waals surface area contributed by atoms with Crippen LogP contribution in [0.2, 0.25) is 0 Å². The number of halogens is 1. The van der Waals surface area contributed by atoms with Crippen LogP contribution in [-0.2, 0) is 19.4 Å². The first kappa shape index (κ1) is 11.8. The molecule has 2 fully saturated rings. The Balaban J connectivity index is 2.60. The summed E-state index contributed by atoms with van der Waals surface area (Å²) in [6.45, 7) is 2.68. The third-order valence-corrected chi connectivity index (χ3v) is 7.30. The minimum absolute atomic E-state index is 0.480. The summed E-state index contributed by atoms with van der Waals surface area (Å²) < 4.78 is 22.7. The van der Waals surface area contributed by atoms with Gasteiger partial charge in [0.1, 0.15) is 15.6 Å². The highest BCUT2D eigenvalue weighted by atomic mass is 79.9. The summed E-state index contributed by atoms with van der Waals surface area (Å²) in [5.41, 5.74) is 0. The second-order valence-electron chi connectivity index (χ2n) is 4.43. The van der Waals surface area contributed by atoms with Crippen molar-refractivity contribution in [3.63, 3.8) is 0 Å². The van der Waals surface area contributed by atoms with E-state index in [9.17, 15) is 18.0 Å². The molecular weight excluding hydrogens is 302 g/mol. The number of hydrogen-bond donors (Lipinski definition) is 1. The molecule has 8 heteroatoms. The Hall–Kier alpha value is -0.630. The molecule has 0 bridgehead atoms. The molecule has 0 aliphatic carbocycles. The van der Waals surface area contributed by atoms with E-state index in [1.165, 1.54) is 13.8 Å². The Morgan fingerprint density at radius 3 is 2.44 bits per heavy atom. The highest BCUT2D eigenvalue weighted by Crippen LogP contribution is 2.48. The number of sulfone groups is 1. The molecular formula is C8H10BrNO5S. The molecule has 3 atom stereocenters. The topological polar surface area (TPSA) is 91.8 Å². The zero-order valence-electron chi connectivity index (χ0n) is 8.55. The van der Waals surface area contributed by atoms with Crippen molar-refractivity contribution in [3.05, 3.63) is 0 Å². The standard InChI is InChI=1S/C8H10BrNO5S/c1-8(2)4(7(12)13)10-5(11)3(9)6(10)16(8,14)15/h3-4,6H,1-2H3,(H,12,13)/t3-,4+,6-/m1/s1. The molecule has 0 saturated carbocycles. The van der Waals surface area contributed by atoms with E-state index in [-0.39, 0.29) is 0 Å². The van der Waals surface area contributed by atoms with E-state index in [2.05, 4.69) is 15.9 Å². The summed E-state index contributed by atoms with van der Waals surface area (Å²) in [7, 11) is -3.66. The van der Waals surface area contributed by atoms with E-state index in [0.717, 1.165) is 4.90 Å². The van der Waals surface area contributed by atoms with Crippen LogP contribution in [0.1, 0.15) is 13.8 Å². The Morgan fingerprint density at radius 1 is 1.50 bits per heavy atom. The summed E-state index contributed by atoms with van der Waals surface area (Å²) in [4.78, 5) is 22.7. The molecule has 2 rings (SSSR count). The number of amides is 1. The van der Waals surface area contributed by atoms with Gasteiger partial charge in [-0.05, 0) is 13.8 Å². The summed E-state index contributed by atoms with van der Waals surface area (Å²) in [6, 6.07) is -1.30. The average Bonchev–Trinajstić information content (AvgIpc) is 2.28. The normalized spacial score (nSPS) is 39.1. The second kappa shape index (κ2) is 2.98. The Kier molecular flexibility index (Phi) is 2.20. The molecule has 6 nitrogen and oxygen atoms in total. The van der Waals surface area contributed by atoms with Crippen LogP contribution in [-0.4, -0.2) is 51.3 Å². The first-order chi connectivity index (χ1) is 7.14. The van der Waals surface area contributed by atoms with E-state index in [4.69, 9.17) is 5.11 Å². The number of carboxylic acid groups (broad SMARTS) is 1. The van der Waals surface area contributed by atoms with E-state index in [1.54, 1.807) is 0 Å². The van der Waals surface area contributed by atoms with Gasteiger partial charge in [-0.3, -0.25) is 4.79 Å². The lowest BCUT2D eigenvalue weighted by Crippen LogP contribution is -2.64. The maximum absolute atomic E-state index is 12.1. The molecule has 1 N–H and O–H groups in total. The van der Waals surface area contributed by atoms with Gasteiger partial charge in [-0.1, -0.05) is 15.9 Å². The summed E-state index contributed by atoms with van der Waals surface area (Å²) in [6.07, 6.45) is 0. The van der Waals surface area contributed by atoms with E-state index < -0.39 is 42.7 Å². The fraction of sp³-hybridized carbons (Fsp3) is 0.750. The number of β-lactam (4-membered cyclic amide) rings is 1. The molecule has 2 aliphatic rings. The van der Waals surface area contributed by atoms with Crippen molar-refractivity contribution in [3.8, 4) is 0 Å². The van der Waals surface area contributed by atoms with Crippen molar-refractivity contribution >= 4 is 37.6 Å². The molecule has 0 unspecified atom stereocenters. The number of carboxylic acids is 1. The highest BCUT2D eigenvalue weighted by molar-refractivity contribution is 9.10. The smallest absolute Gasteiger partial charge is 0.328 e. The molecule has 2 heterocycles. The number of nitrogens with zero attached hydrogens (tertiary/aromatic N) is 1. The number of alkyl halides is 1. The quantitative estimate of drug-likeness (QED) is 0.524. The minimum atomic E-state index is -3.66. The molecule has 2 aliphatic heterocycles. The summed E-state index contributed by atoms with van der Waals surface area (Å²) in [5.74, 6) is -1.77. The van der Waals surface area contributed by atoms with Gasteiger partial charge in [0.25, 0.3) is 0 Å². The minimum Gasteiger partial charge on any atom is -0.480 e. The molecule has 0 spiro atoms. The number of rotatable bonds is 1. The largest absolute Gasteiger partial charge is 0.480 e. The lowest BCUT2D eigenvalue weighted by molar-refractivity contribution is -0.156. The number of fused-ring (bicyclic) bond motifs is 1. The van der Waals surface area contributed by atoms with Gasteiger partial charge in [-0.25, -0.2) is 13.2 Å². The third-order valence-electron chi connectivity index (χ3n) is 3.24. The molecule has 1 amide bonds.